The Morgan fingerprint density at radius 3 is 2.71 bits per heavy atom. The molecule has 0 saturated carbocycles. The van der Waals surface area contributed by atoms with Crippen LogP contribution in [0.25, 0.3) is 11.0 Å². The van der Waals surface area contributed by atoms with Gasteiger partial charge in [0.25, 0.3) is 11.8 Å². The number of hydrogen-bond acceptors (Lipinski definition) is 7. The molecule has 4 heterocycles. The van der Waals surface area contributed by atoms with Crippen LogP contribution >= 0.6 is 0 Å². The quantitative estimate of drug-likeness (QED) is 0.363. The van der Waals surface area contributed by atoms with E-state index in [1.54, 1.807) is 12.1 Å². The van der Waals surface area contributed by atoms with Crippen molar-refractivity contribution in [1.29, 1.82) is 0 Å². The Labute approximate surface area is 214 Å². The van der Waals surface area contributed by atoms with E-state index in [0.29, 0.717) is 41.7 Å². The highest BCUT2D eigenvalue weighted by Gasteiger charge is 2.32. The van der Waals surface area contributed by atoms with E-state index in [0.717, 1.165) is 23.6 Å². The molecule has 1 aliphatic heterocycles. The topological polar surface area (TPSA) is 129 Å². The molecule has 0 radical (unpaired) electrons. The van der Waals surface area contributed by atoms with Gasteiger partial charge in [-0.15, -0.1) is 0 Å². The number of alkyl halides is 3. The van der Waals surface area contributed by atoms with E-state index in [2.05, 4.69) is 40.7 Å². The molecule has 1 fully saturated rings. The average molecular weight is 525 g/mol. The minimum atomic E-state index is -4.56. The molecule has 0 spiro atoms. The van der Waals surface area contributed by atoms with E-state index in [-0.39, 0.29) is 23.2 Å². The summed E-state index contributed by atoms with van der Waals surface area (Å²) in [7, 11) is 1.53. The zero-order valence-corrected chi connectivity index (χ0v) is 20.4. The van der Waals surface area contributed by atoms with Crippen molar-refractivity contribution in [1.82, 2.24) is 30.5 Å². The van der Waals surface area contributed by atoms with Crippen LogP contribution in [0.3, 0.4) is 0 Å². The monoisotopic (exact) mass is 524 g/mol. The molecule has 38 heavy (non-hydrogen) atoms. The van der Waals surface area contributed by atoms with Crippen molar-refractivity contribution < 1.29 is 22.8 Å². The summed E-state index contributed by atoms with van der Waals surface area (Å²) in [5.41, 5.74) is 1.93. The summed E-state index contributed by atoms with van der Waals surface area (Å²) in [4.78, 5) is 39.4. The molecular formula is C25H23F3N8O2. The summed E-state index contributed by atoms with van der Waals surface area (Å²) in [5, 5.41) is 12.5. The van der Waals surface area contributed by atoms with Crippen LogP contribution in [0, 0.1) is 6.92 Å². The Morgan fingerprint density at radius 1 is 1.13 bits per heavy atom. The molecular weight excluding hydrogens is 501 g/mol. The van der Waals surface area contributed by atoms with Crippen molar-refractivity contribution in [2.75, 3.05) is 30.4 Å². The highest BCUT2D eigenvalue weighted by atomic mass is 19.4. The fraction of sp³-hybridized carbons (Fsp3) is 0.280. The summed E-state index contributed by atoms with van der Waals surface area (Å²) >= 11 is 0. The van der Waals surface area contributed by atoms with Gasteiger partial charge in [-0.05, 0) is 42.7 Å². The van der Waals surface area contributed by atoms with Crippen molar-refractivity contribution in [3.63, 3.8) is 0 Å². The lowest BCUT2D eigenvalue weighted by Gasteiger charge is -2.19. The van der Waals surface area contributed by atoms with Gasteiger partial charge in [0.15, 0.2) is 5.65 Å². The number of rotatable bonds is 5. The van der Waals surface area contributed by atoms with E-state index in [1.807, 2.05) is 13.0 Å². The predicted molar refractivity (Wildman–Crippen MR) is 133 cm³/mol. The van der Waals surface area contributed by atoms with Crippen LogP contribution in [0.5, 0.6) is 0 Å². The van der Waals surface area contributed by atoms with Crippen molar-refractivity contribution in [3.8, 4) is 0 Å². The maximum Gasteiger partial charge on any atom is 0.417 e. The smallest absolute Gasteiger partial charge is 0.355 e. The Hall–Kier alpha value is -4.55. The number of nitrogens with zero attached hydrogens (tertiary/aromatic N) is 5. The number of aromatic amines is 1. The second kappa shape index (κ2) is 9.72. The molecule has 5 rings (SSSR count). The normalized spacial score (nSPS) is 15.6. The van der Waals surface area contributed by atoms with E-state index < -0.39 is 17.6 Å². The van der Waals surface area contributed by atoms with Crippen molar-refractivity contribution in [3.05, 3.63) is 70.9 Å². The Bertz CT molecular complexity index is 1530. The lowest BCUT2D eigenvalue weighted by molar-refractivity contribution is -0.137. The molecule has 13 heteroatoms. The summed E-state index contributed by atoms with van der Waals surface area (Å²) in [5.74, 6) is -0.218. The number of aromatic nitrogens is 5. The molecule has 196 valence electrons. The SMILES string of the molecule is CNC(=O)c1[nH]nc2ncnc(N3CCC(c4cc(C(=O)Nc5cncc(C(F)(F)F)c5)ccc4C)C3)c12. The number of nitrogens with one attached hydrogen (secondary N) is 3. The van der Waals surface area contributed by atoms with E-state index in [9.17, 15) is 22.8 Å². The first-order valence-corrected chi connectivity index (χ1v) is 11.8. The average Bonchev–Trinajstić information content (AvgIpc) is 3.56. The van der Waals surface area contributed by atoms with Gasteiger partial charge >= 0.3 is 6.18 Å². The molecule has 1 atom stereocenters. The molecule has 1 saturated heterocycles. The van der Waals surface area contributed by atoms with Gasteiger partial charge in [-0.3, -0.25) is 19.7 Å². The summed E-state index contributed by atoms with van der Waals surface area (Å²) < 4.78 is 39.0. The zero-order valence-electron chi connectivity index (χ0n) is 20.4. The molecule has 1 aliphatic rings. The number of carbonyl (C=O) groups is 2. The molecule has 0 aliphatic carbocycles. The Morgan fingerprint density at radius 2 is 1.95 bits per heavy atom. The Balaban J connectivity index is 1.38. The van der Waals surface area contributed by atoms with Gasteiger partial charge in [-0.1, -0.05) is 6.07 Å². The molecule has 4 aromatic rings. The first-order valence-electron chi connectivity index (χ1n) is 11.8. The minimum absolute atomic E-state index is 0.0428. The standard InChI is InChI=1S/C25H23F3N8O2/c1-13-3-4-14(23(37)33-17-8-16(9-30-10-17)25(26,27)28)7-18(13)15-5-6-36(11-15)22-19-20(24(38)29-2)34-35-21(19)31-12-32-22/h3-4,7-10,12,15H,5-6,11H2,1-2H3,(H,29,38)(H,33,37)(H,31,32,34,35). The highest BCUT2D eigenvalue weighted by Crippen LogP contribution is 2.35. The lowest BCUT2D eigenvalue weighted by atomic mass is 9.92. The predicted octanol–water partition coefficient (Wildman–Crippen LogP) is 3.68. The van der Waals surface area contributed by atoms with Crippen LogP contribution in [0.15, 0.2) is 43.0 Å². The van der Waals surface area contributed by atoms with Crippen LogP contribution in [0.1, 0.15) is 49.9 Å². The molecule has 3 aromatic heterocycles. The number of amides is 2. The molecule has 3 N–H and O–H groups in total. The van der Waals surface area contributed by atoms with Gasteiger partial charge in [0.1, 0.15) is 17.8 Å². The van der Waals surface area contributed by atoms with Gasteiger partial charge < -0.3 is 15.5 Å². The maximum atomic E-state index is 13.0. The van der Waals surface area contributed by atoms with Gasteiger partial charge in [-0.2, -0.15) is 18.3 Å². The maximum absolute atomic E-state index is 13.0. The fourth-order valence-corrected chi connectivity index (χ4v) is 4.66. The van der Waals surface area contributed by atoms with Gasteiger partial charge in [0, 0.05) is 37.8 Å². The highest BCUT2D eigenvalue weighted by molar-refractivity contribution is 6.07. The van der Waals surface area contributed by atoms with Gasteiger partial charge in [0.05, 0.1) is 22.8 Å². The zero-order chi connectivity index (χ0) is 27.0. The van der Waals surface area contributed by atoms with Crippen LogP contribution in [-0.2, 0) is 6.18 Å². The molecule has 2 amide bonds. The molecule has 10 nitrogen and oxygen atoms in total. The van der Waals surface area contributed by atoms with Crippen LogP contribution in [0.2, 0.25) is 0 Å². The number of pyridine rings is 1. The van der Waals surface area contributed by atoms with Crippen molar-refractivity contribution >= 4 is 34.4 Å². The number of hydrogen-bond donors (Lipinski definition) is 3. The third-order valence-corrected chi connectivity index (χ3v) is 6.58. The fourth-order valence-electron chi connectivity index (χ4n) is 4.66. The number of carbonyl (C=O) groups excluding carboxylic acids is 2. The molecule has 0 bridgehead atoms. The molecule has 1 unspecified atom stereocenters. The minimum Gasteiger partial charge on any atom is -0.355 e. The van der Waals surface area contributed by atoms with Gasteiger partial charge in [0.2, 0.25) is 0 Å². The van der Waals surface area contributed by atoms with Gasteiger partial charge in [-0.25, -0.2) is 9.97 Å². The van der Waals surface area contributed by atoms with Crippen molar-refractivity contribution in [2.24, 2.45) is 0 Å². The second-order valence-corrected chi connectivity index (χ2v) is 8.99. The first kappa shape index (κ1) is 25.1. The third-order valence-electron chi connectivity index (χ3n) is 6.58. The molecule has 1 aromatic carbocycles. The number of fused-ring (bicyclic) bond motifs is 1. The summed E-state index contributed by atoms with van der Waals surface area (Å²) in [6.45, 7) is 3.17. The second-order valence-electron chi connectivity index (χ2n) is 8.99. The van der Waals surface area contributed by atoms with E-state index in [1.165, 1.54) is 19.6 Å². The van der Waals surface area contributed by atoms with E-state index >= 15 is 0 Å². The van der Waals surface area contributed by atoms with Crippen LogP contribution in [0.4, 0.5) is 24.7 Å². The number of H-pyrrole nitrogens is 1. The number of benzene rings is 1. The third kappa shape index (κ3) is 4.74. The van der Waals surface area contributed by atoms with E-state index in [4.69, 9.17) is 0 Å². The summed E-state index contributed by atoms with van der Waals surface area (Å²) in [6, 6.07) is 6.07. The summed E-state index contributed by atoms with van der Waals surface area (Å²) in [6.07, 6.45) is -0.521. The lowest BCUT2D eigenvalue weighted by Crippen LogP contribution is -2.23. The largest absolute Gasteiger partial charge is 0.417 e. The Kier molecular flexibility index (Phi) is 6.43. The van der Waals surface area contributed by atoms with Crippen LogP contribution < -0.4 is 15.5 Å². The van der Waals surface area contributed by atoms with Crippen LogP contribution in [-0.4, -0.2) is 57.1 Å². The number of anilines is 2. The number of aryl methyl sites for hydroxylation is 1. The first-order chi connectivity index (χ1) is 18.2. The van der Waals surface area contributed by atoms with Crippen molar-refractivity contribution in [2.45, 2.75) is 25.4 Å². The number of halogens is 3.